The molecule has 0 fully saturated rings. The third kappa shape index (κ3) is 2.69. The van der Waals surface area contributed by atoms with Crippen LogP contribution in [0.5, 0.6) is 11.5 Å². The number of phenols is 2. The van der Waals surface area contributed by atoms with Gasteiger partial charge in [0, 0.05) is 5.56 Å². The molecule has 0 aromatic heterocycles. The van der Waals surface area contributed by atoms with Gasteiger partial charge in [-0.05, 0) is 28.1 Å². The molecule has 0 amide bonds. The van der Waals surface area contributed by atoms with Gasteiger partial charge in [-0.1, -0.05) is 0 Å². The van der Waals surface area contributed by atoms with Crippen molar-refractivity contribution in [3.63, 3.8) is 0 Å². The third-order valence-electron chi connectivity index (χ3n) is 1.68. The summed E-state index contributed by atoms with van der Waals surface area (Å²) >= 11 is 2.92. The van der Waals surface area contributed by atoms with Gasteiger partial charge >= 0.3 is 5.97 Å². The minimum atomic E-state index is -1.25. The Hall–Kier alpha value is -1.56. The minimum Gasteiger partial charge on any atom is -0.504 e. The van der Waals surface area contributed by atoms with Crippen LogP contribution in [0.25, 0.3) is 0 Å². The van der Waals surface area contributed by atoms with E-state index in [1.54, 1.807) is 0 Å². The molecule has 0 radical (unpaired) electrons. The lowest BCUT2D eigenvalue weighted by Crippen LogP contribution is -2.06. The molecule has 0 saturated carbocycles. The molecule has 0 unspecified atom stereocenters. The number of phenolic OH excluding ortho intramolecular Hbond substituents is 2. The van der Waals surface area contributed by atoms with E-state index in [0.29, 0.717) is 0 Å². The predicted molar refractivity (Wildman–Crippen MR) is 54.1 cm³/mol. The van der Waals surface area contributed by atoms with Gasteiger partial charge in [0.05, 0.1) is 4.47 Å². The molecule has 3 N–H and O–H groups in total. The van der Waals surface area contributed by atoms with Crippen LogP contribution in [0.1, 0.15) is 16.8 Å². The number of carbonyl (C=O) groups is 2. The van der Waals surface area contributed by atoms with Crippen LogP contribution in [0.4, 0.5) is 0 Å². The quantitative estimate of drug-likeness (QED) is 0.441. The second-order valence-electron chi connectivity index (χ2n) is 2.82. The van der Waals surface area contributed by atoms with Crippen molar-refractivity contribution in [2.75, 3.05) is 0 Å². The summed E-state index contributed by atoms with van der Waals surface area (Å²) in [4.78, 5) is 21.6. The smallest absolute Gasteiger partial charge is 0.311 e. The van der Waals surface area contributed by atoms with Crippen molar-refractivity contribution in [3.05, 3.63) is 22.2 Å². The standard InChI is InChI=1S/C9H7BrO5/c10-5-1-4(2-7(12)9(5)15)6(11)3-8(13)14/h1-2,12,15H,3H2,(H,13,14). The van der Waals surface area contributed by atoms with E-state index in [9.17, 15) is 14.7 Å². The minimum absolute atomic E-state index is 0.0274. The van der Waals surface area contributed by atoms with Crippen LogP contribution in [0.2, 0.25) is 0 Å². The predicted octanol–water partition coefficient (Wildman–Crippen LogP) is 1.52. The van der Waals surface area contributed by atoms with E-state index >= 15 is 0 Å². The Morgan fingerprint density at radius 3 is 2.33 bits per heavy atom. The first-order chi connectivity index (χ1) is 6.91. The van der Waals surface area contributed by atoms with Gasteiger partial charge in [-0.25, -0.2) is 0 Å². The van der Waals surface area contributed by atoms with Crippen LogP contribution < -0.4 is 0 Å². The Morgan fingerprint density at radius 2 is 1.87 bits per heavy atom. The second kappa shape index (κ2) is 4.31. The van der Waals surface area contributed by atoms with Gasteiger partial charge < -0.3 is 15.3 Å². The molecule has 0 atom stereocenters. The largest absolute Gasteiger partial charge is 0.504 e. The van der Waals surface area contributed by atoms with Crippen molar-refractivity contribution in [2.24, 2.45) is 0 Å². The summed E-state index contributed by atoms with van der Waals surface area (Å²) in [6, 6.07) is 2.27. The first-order valence-corrected chi connectivity index (χ1v) is 4.67. The number of carboxylic acid groups (broad SMARTS) is 1. The number of carbonyl (C=O) groups excluding carboxylic acids is 1. The van der Waals surface area contributed by atoms with Gasteiger partial charge in [-0.2, -0.15) is 0 Å². The summed E-state index contributed by atoms with van der Waals surface area (Å²) in [6.45, 7) is 0. The molecule has 0 saturated heterocycles. The third-order valence-corrected chi connectivity index (χ3v) is 2.28. The molecule has 0 aliphatic carbocycles. The van der Waals surface area contributed by atoms with Crippen molar-refractivity contribution >= 4 is 27.7 Å². The maximum atomic E-state index is 11.3. The summed E-state index contributed by atoms with van der Waals surface area (Å²) < 4.78 is 0.135. The lowest BCUT2D eigenvalue weighted by molar-refractivity contribution is -0.135. The summed E-state index contributed by atoms with van der Waals surface area (Å²) in [6.07, 6.45) is -0.656. The molecule has 1 aromatic carbocycles. The van der Waals surface area contributed by atoms with Crippen molar-refractivity contribution in [1.82, 2.24) is 0 Å². The highest BCUT2D eigenvalue weighted by atomic mass is 79.9. The van der Waals surface area contributed by atoms with Gasteiger partial charge in [0.15, 0.2) is 17.3 Å². The molecular weight excluding hydrogens is 268 g/mol. The first kappa shape index (κ1) is 11.5. The van der Waals surface area contributed by atoms with Gasteiger partial charge in [0.2, 0.25) is 0 Å². The zero-order chi connectivity index (χ0) is 11.6. The van der Waals surface area contributed by atoms with E-state index in [4.69, 9.17) is 10.2 Å². The Kier molecular flexibility index (Phi) is 3.31. The van der Waals surface area contributed by atoms with E-state index < -0.39 is 23.9 Å². The lowest BCUT2D eigenvalue weighted by Gasteiger charge is -2.03. The van der Waals surface area contributed by atoms with Crippen LogP contribution in [0, 0.1) is 0 Å². The summed E-state index contributed by atoms with van der Waals surface area (Å²) in [5.74, 6) is -2.75. The van der Waals surface area contributed by atoms with E-state index in [0.717, 1.165) is 6.07 Å². The number of aromatic hydroxyl groups is 2. The van der Waals surface area contributed by atoms with Crippen molar-refractivity contribution in [1.29, 1.82) is 0 Å². The molecule has 0 aliphatic heterocycles. The second-order valence-corrected chi connectivity index (χ2v) is 3.67. The van der Waals surface area contributed by atoms with E-state index in [1.807, 2.05) is 0 Å². The lowest BCUT2D eigenvalue weighted by atomic mass is 10.1. The van der Waals surface area contributed by atoms with E-state index in [-0.39, 0.29) is 15.8 Å². The van der Waals surface area contributed by atoms with Gasteiger partial charge in [0.25, 0.3) is 0 Å². The number of ketones is 1. The fourth-order valence-corrected chi connectivity index (χ4v) is 1.43. The molecule has 80 valence electrons. The van der Waals surface area contributed by atoms with Crippen LogP contribution in [0.15, 0.2) is 16.6 Å². The molecule has 6 heteroatoms. The van der Waals surface area contributed by atoms with Gasteiger partial charge in [-0.15, -0.1) is 0 Å². The van der Waals surface area contributed by atoms with Gasteiger partial charge in [-0.3, -0.25) is 9.59 Å². The maximum absolute atomic E-state index is 11.3. The van der Waals surface area contributed by atoms with Crippen molar-refractivity contribution in [2.45, 2.75) is 6.42 Å². The number of halogens is 1. The van der Waals surface area contributed by atoms with Crippen LogP contribution in [0.3, 0.4) is 0 Å². The highest BCUT2D eigenvalue weighted by molar-refractivity contribution is 9.10. The molecule has 0 heterocycles. The Morgan fingerprint density at radius 1 is 1.27 bits per heavy atom. The first-order valence-electron chi connectivity index (χ1n) is 3.88. The van der Waals surface area contributed by atoms with Crippen molar-refractivity contribution in [3.8, 4) is 11.5 Å². The Bertz CT molecular complexity index is 404. The fourth-order valence-electron chi connectivity index (χ4n) is 0.985. The number of benzene rings is 1. The molecular formula is C9H7BrO5. The number of hydrogen-bond acceptors (Lipinski definition) is 4. The zero-order valence-corrected chi connectivity index (χ0v) is 8.98. The SMILES string of the molecule is O=C(O)CC(=O)c1cc(O)c(O)c(Br)c1. The van der Waals surface area contributed by atoms with Crippen LogP contribution >= 0.6 is 15.9 Å². The number of carboxylic acids is 1. The number of rotatable bonds is 3. The molecule has 0 spiro atoms. The molecule has 0 bridgehead atoms. The molecule has 1 rings (SSSR count). The topological polar surface area (TPSA) is 94.8 Å². The highest BCUT2D eigenvalue weighted by Gasteiger charge is 2.14. The maximum Gasteiger partial charge on any atom is 0.311 e. The van der Waals surface area contributed by atoms with Crippen LogP contribution in [-0.2, 0) is 4.79 Å². The van der Waals surface area contributed by atoms with E-state index in [2.05, 4.69) is 15.9 Å². The monoisotopic (exact) mass is 274 g/mol. The highest BCUT2D eigenvalue weighted by Crippen LogP contribution is 2.34. The molecule has 15 heavy (non-hydrogen) atoms. The normalized spacial score (nSPS) is 9.93. The van der Waals surface area contributed by atoms with E-state index in [1.165, 1.54) is 6.07 Å². The number of aliphatic carboxylic acids is 1. The number of Topliss-reactive ketones (excluding diaryl/α,β-unsaturated/α-hetero) is 1. The molecule has 1 aromatic rings. The van der Waals surface area contributed by atoms with Crippen LogP contribution in [-0.4, -0.2) is 27.1 Å². The van der Waals surface area contributed by atoms with Gasteiger partial charge in [0.1, 0.15) is 6.42 Å². The van der Waals surface area contributed by atoms with Crippen molar-refractivity contribution < 1.29 is 24.9 Å². The fraction of sp³-hybridized carbons (Fsp3) is 0.111. The average Bonchev–Trinajstić information content (AvgIpc) is 2.12. The Labute approximate surface area is 93.1 Å². The summed E-state index contributed by atoms with van der Waals surface area (Å²) in [5.41, 5.74) is 0.0274. The molecule has 5 nitrogen and oxygen atoms in total. The summed E-state index contributed by atoms with van der Waals surface area (Å²) in [5, 5.41) is 26.7. The Balaban J connectivity index is 3.06. The molecule has 0 aliphatic rings. The average molecular weight is 275 g/mol. The zero-order valence-electron chi connectivity index (χ0n) is 7.40. The summed E-state index contributed by atoms with van der Waals surface area (Å²) in [7, 11) is 0. The number of hydrogen-bond donors (Lipinski definition) is 3.